The number of ether oxygens (including phenoxy) is 2. The molecule has 0 bridgehead atoms. The molecule has 1 aliphatic rings. The second-order valence-electron chi connectivity index (χ2n) is 26.1. The van der Waals surface area contributed by atoms with Crippen molar-refractivity contribution < 1.29 is 39.8 Å². The second kappa shape index (κ2) is 64.4. The van der Waals surface area contributed by atoms with Crippen LogP contribution in [0.25, 0.3) is 0 Å². The molecule has 496 valence electrons. The number of aliphatic hydroxyl groups is 5. The molecule has 1 saturated heterocycles. The first kappa shape index (κ1) is 80.4. The molecule has 0 aromatic carbocycles. The highest BCUT2D eigenvalue weighted by Crippen LogP contribution is 2.24. The van der Waals surface area contributed by atoms with Gasteiger partial charge in [0.2, 0.25) is 5.91 Å². The number of unbranched alkanes of at least 4 members (excludes halogenated alkanes) is 52. The molecule has 0 aromatic rings. The predicted molar refractivity (Wildman–Crippen MR) is 360 cm³/mol. The number of rotatable bonds is 66. The van der Waals surface area contributed by atoms with E-state index in [0.29, 0.717) is 6.42 Å². The quantitative estimate of drug-likeness (QED) is 0.0261. The lowest BCUT2D eigenvalue weighted by Crippen LogP contribution is -2.60. The van der Waals surface area contributed by atoms with Gasteiger partial charge in [-0.1, -0.05) is 365 Å². The Morgan fingerprint density at radius 1 is 0.393 bits per heavy atom. The highest BCUT2D eigenvalue weighted by Gasteiger charge is 2.44. The molecule has 6 N–H and O–H groups in total. The summed E-state index contributed by atoms with van der Waals surface area (Å²) in [7, 11) is 0. The molecule has 1 amide bonds. The summed E-state index contributed by atoms with van der Waals surface area (Å²) in [6, 6.07) is -0.828. The fourth-order valence-corrected chi connectivity index (χ4v) is 12.1. The molecule has 1 heterocycles. The Labute approximate surface area is 521 Å². The molecule has 7 unspecified atom stereocenters. The van der Waals surface area contributed by atoms with Crippen LogP contribution in [0.4, 0.5) is 0 Å². The minimum atomic E-state index is -1.58. The summed E-state index contributed by atoms with van der Waals surface area (Å²) in [4.78, 5) is 13.1. The van der Waals surface area contributed by atoms with Gasteiger partial charge >= 0.3 is 0 Å². The van der Waals surface area contributed by atoms with E-state index in [9.17, 15) is 30.3 Å². The van der Waals surface area contributed by atoms with Crippen molar-refractivity contribution in [2.24, 2.45) is 0 Å². The molecule has 0 radical (unpaired) electrons. The first-order valence-corrected chi connectivity index (χ1v) is 37.2. The number of hydrogen-bond donors (Lipinski definition) is 6. The third kappa shape index (κ3) is 52.4. The molecular formula is C75H143NO8. The van der Waals surface area contributed by atoms with Crippen LogP contribution in [0.2, 0.25) is 0 Å². The monoisotopic (exact) mass is 1190 g/mol. The van der Waals surface area contributed by atoms with Gasteiger partial charge in [-0.05, 0) is 44.9 Å². The number of carbonyl (C=O) groups is 1. The summed E-state index contributed by atoms with van der Waals surface area (Å²) in [5.74, 6) is -0.183. The number of nitrogens with one attached hydrogen (secondary N) is 1. The van der Waals surface area contributed by atoms with Crippen LogP contribution < -0.4 is 5.32 Å². The molecule has 1 aliphatic heterocycles. The van der Waals surface area contributed by atoms with Gasteiger partial charge in [-0.25, -0.2) is 0 Å². The summed E-state index contributed by atoms with van der Waals surface area (Å²) in [5.41, 5.74) is 0. The largest absolute Gasteiger partial charge is 0.394 e. The van der Waals surface area contributed by atoms with E-state index in [-0.39, 0.29) is 12.5 Å². The van der Waals surface area contributed by atoms with E-state index in [2.05, 4.69) is 43.5 Å². The fraction of sp³-hybridized carbons (Fsp3) is 0.907. The Morgan fingerprint density at radius 2 is 0.679 bits per heavy atom. The van der Waals surface area contributed by atoms with Gasteiger partial charge in [-0.3, -0.25) is 4.79 Å². The van der Waals surface area contributed by atoms with Crippen molar-refractivity contribution >= 4 is 5.91 Å². The smallest absolute Gasteiger partial charge is 0.220 e. The lowest BCUT2D eigenvalue weighted by Gasteiger charge is -2.40. The molecular weight excluding hydrogens is 1040 g/mol. The molecule has 1 fully saturated rings. The van der Waals surface area contributed by atoms with Gasteiger partial charge < -0.3 is 40.3 Å². The van der Waals surface area contributed by atoms with Gasteiger partial charge in [0.15, 0.2) is 6.29 Å². The molecule has 0 aromatic heterocycles. The van der Waals surface area contributed by atoms with Crippen molar-refractivity contribution in [3.8, 4) is 0 Å². The zero-order valence-electron chi connectivity index (χ0n) is 55.7. The molecule has 0 aliphatic carbocycles. The van der Waals surface area contributed by atoms with Gasteiger partial charge in [-0.2, -0.15) is 0 Å². The summed E-state index contributed by atoms with van der Waals surface area (Å²) < 4.78 is 11.3. The molecule has 1 rings (SSSR count). The maximum absolute atomic E-state index is 13.1. The van der Waals surface area contributed by atoms with E-state index in [4.69, 9.17) is 9.47 Å². The summed E-state index contributed by atoms with van der Waals surface area (Å²) >= 11 is 0. The van der Waals surface area contributed by atoms with Crippen LogP contribution in [0.5, 0.6) is 0 Å². The van der Waals surface area contributed by atoms with E-state index in [0.717, 1.165) is 44.9 Å². The third-order valence-corrected chi connectivity index (χ3v) is 17.9. The zero-order chi connectivity index (χ0) is 60.7. The molecule has 0 spiro atoms. The number of amides is 1. The number of allylic oxidation sites excluding steroid dienone is 5. The number of carbonyl (C=O) groups excluding carboxylic acids is 1. The van der Waals surface area contributed by atoms with Crippen molar-refractivity contribution in [2.75, 3.05) is 13.2 Å². The van der Waals surface area contributed by atoms with E-state index in [1.165, 1.54) is 315 Å². The molecule has 0 saturated carbocycles. The van der Waals surface area contributed by atoms with Gasteiger partial charge in [-0.15, -0.1) is 0 Å². The van der Waals surface area contributed by atoms with Gasteiger partial charge in [0.25, 0.3) is 0 Å². The Balaban J connectivity index is 2.13. The molecule has 9 nitrogen and oxygen atoms in total. The highest BCUT2D eigenvalue weighted by atomic mass is 16.7. The lowest BCUT2D eigenvalue weighted by molar-refractivity contribution is -0.302. The van der Waals surface area contributed by atoms with Crippen molar-refractivity contribution in [2.45, 2.75) is 423 Å². The Hall–Kier alpha value is -1.59. The first-order valence-electron chi connectivity index (χ1n) is 37.2. The van der Waals surface area contributed by atoms with Crippen molar-refractivity contribution in [1.29, 1.82) is 0 Å². The normalized spacial score (nSPS) is 18.3. The van der Waals surface area contributed by atoms with Crippen molar-refractivity contribution in [1.82, 2.24) is 5.32 Å². The zero-order valence-corrected chi connectivity index (χ0v) is 55.7. The van der Waals surface area contributed by atoms with Crippen LogP contribution >= 0.6 is 0 Å². The summed E-state index contributed by atoms with van der Waals surface area (Å²) in [5, 5.41) is 54.8. The molecule has 7 atom stereocenters. The maximum atomic E-state index is 13.1. The minimum absolute atomic E-state index is 0.183. The van der Waals surface area contributed by atoms with E-state index in [1.807, 2.05) is 6.08 Å². The average molecular weight is 1190 g/mol. The van der Waals surface area contributed by atoms with Crippen LogP contribution in [-0.2, 0) is 14.3 Å². The number of hydrogen-bond acceptors (Lipinski definition) is 8. The van der Waals surface area contributed by atoms with E-state index < -0.39 is 49.5 Å². The minimum Gasteiger partial charge on any atom is -0.394 e. The van der Waals surface area contributed by atoms with Gasteiger partial charge in [0.1, 0.15) is 24.4 Å². The lowest BCUT2D eigenvalue weighted by atomic mass is 9.99. The van der Waals surface area contributed by atoms with E-state index >= 15 is 0 Å². The predicted octanol–water partition coefficient (Wildman–Crippen LogP) is 20.6. The third-order valence-electron chi connectivity index (χ3n) is 17.9. The van der Waals surface area contributed by atoms with Crippen LogP contribution in [0.15, 0.2) is 36.5 Å². The van der Waals surface area contributed by atoms with Crippen LogP contribution in [0.3, 0.4) is 0 Å². The summed E-state index contributed by atoms with van der Waals surface area (Å²) in [6.07, 6.45) is 80.0. The highest BCUT2D eigenvalue weighted by molar-refractivity contribution is 5.76. The molecule has 84 heavy (non-hydrogen) atoms. The average Bonchev–Trinajstić information content (AvgIpc) is 3.69. The first-order chi connectivity index (χ1) is 41.3. The van der Waals surface area contributed by atoms with Gasteiger partial charge in [0.05, 0.1) is 25.4 Å². The van der Waals surface area contributed by atoms with Crippen molar-refractivity contribution in [3.05, 3.63) is 36.5 Å². The SMILES string of the molecule is CCCCCCCCCCCCCCCCCCCCCCCC/C=C/CC/C=C/CC/C=C/C(O)C(COC1OC(CO)C(O)C(O)C1O)NC(=O)CCCCCCCCCCCCCCCCCCCCCCCCCCCCCCC. The van der Waals surface area contributed by atoms with Crippen LogP contribution in [0, 0.1) is 0 Å². The van der Waals surface area contributed by atoms with E-state index in [1.54, 1.807) is 6.08 Å². The van der Waals surface area contributed by atoms with Crippen LogP contribution in [-0.4, -0.2) is 87.5 Å². The molecule has 9 heteroatoms. The Bertz CT molecular complexity index is 1420. The Morgan fingerprint density at radius 3 is 1.00 bits per heavy atom. The topological polar surface area (TPSA) is 149 Å². The Kier molecular flexibility index (Phi) is 61.7. The fourth-order valence-electron chi connectivity index (χ4n) is 12.1. The van der Waals surface area contributed by atoms with Gasteiger partial charge in [0, 0.05) is 6.42 Å². The maximum Gasteiger partial charge on any atom is 0.220 e. The second-order valence-corrected chi connectivity index (χ2v) is 26.1. The standard InChI is InChI=1S/C75H143NO8/c1-3-5-7-9-11-13-15-17-19-21-23-25-27-29-31-33-34-35-37-38-40-42-44-46-48-50-52-54-56-58-60-62-64-69(78)68(67-83-75-74(82)73(81)72(80)70(66-77)84-75)76-71(79)65-63-61-59-57-55-53-51-49-47-45-43-41-39-36-32-30-28-26-24-22-20-18-16-14-12-10-8-6-4-2/h46,48,54,56,62,64,68-70,72-75,77-78,80-82H,3-45,47,49-53,55,57-61,63,65-67H2,1-2H3,(H,76,79)/b48-46+,56-54+,64-62+. The van der Waals surface area contributed by atoms with Crippen molar-refractivity contribution in [3.63, 3.8) is 0 Å². The van der Waals surface area contributed by atoms with Crippen LogP contribution in [0.1, 0.15) is 380 Å². The number of aliphatic hydroxyl groups excluding tert-OH is 5. The summed E-state index contributed by atoms with van der Waals surface area (Å²) in [6.45, 7) is 3.82.